The third-order valence-electron chi connectivity index (χ3n) is 5.76. The molecule has 0 saturated carbocycles. The van der Waals surface area contributed by atoms with E-state index < -0.39 is 10.8 Å². The predicted octanol–water partition coefficient (Wildman–Crippen LogP) is 3.33. The molecule has 1 aliphatic heterocycles. The van der Waals surface area contributed by atoms with Gasteiger partial charge in [-0.25, -0.2) is 4.98 Å². The van der Waals surface area contributed by atoms with Crippen molar-refractivity contribution in [2.75, 3.05) is 43.4 Å². The molecule has 1 amide bonds. The molecule has 1 fully saturated rings. The molecule has 11 nitrogen and oxygen atoms in total. The Morgan fingerprint density at radius 1 is 1.09 bits per heavy atom. The van der Waals surface area contributed by atoms with Crippen molar-refractivity contribution >= 4 is 28.8 Å². The summed E-state index contributed by atoms with van der Waals surface area (Å²) in [5, 5.41) is 14.0. The van der Waals surface area contributed by atoms with Gasteiger partial charge in [0.25, 0.3) is 11.6 Å². The molecule has 1 aromatic heterocycles. The SMILES string of the molecule is CCc1nc(C(N)=O)c(Nc2ccc(N3CCN(C)CC3)cc2)nc1Oc1ccc([N+](=O)[O-])cc1. The molecule has 0 unspecified atom stereocenters. The van der Waals surface area contributed by atoms with Gasteiger partial charge in [0.2, 0.25) is 5.88 Å². The number of likely N-dealkylation sites (N-methyl/N-ethyl adjacent to an activating group) is 1. The average Bonchev–Trinajstić information content (AvgIpc) is 2.85. The minimum absolute atomic E-state index is 0.000966. The Morgan fingerprint density at radius 2 is 1.74 bits per heavy atom. The number of benzene rings is 2. The molecule has 0 atom stereocenters. The van der Waals surface area contributed by atoms with Crippen LogP contribution in [0.3, 0.4) is 0 Å². The molecule has 1 saturated heterocycles. The fraction of sp³-hybridized carbons (Fsp3) is 0.292. The van der Waals surface area contributed by atoms with E-state index in [0.717, 1.165) is 31.9 Å². The van der Waals surface area contributed by atoms with E-state index in [1.165, 1.54) is 24.3 Å². The zero-order chi connectivity index (χ0) is 24.9. The van der Waals surface area contributed by atoms with Gasteiger partial charge in [0.15, 0.2) is 11.5 Å². The van der Waals surface area contributed by atoms with Crippen molar-refractivity contribution in [1.82, 2.24) is 14.9 Å². The van der Waals surface area contributed by atoms with E-state index in [2.05, 4.69) is 32.1 Å². The molecular formula is C24H27N7O4. The number of nitrogens with zero attached hydrogens (tertiary/aromatic N) is 5. The summed E-state index contributed by atoms with van der Waals surface area (Å²) < 4.78 is 5.86. The number of rotatable bonds is 8. The molecule has 182 valence electrons. The highest BCUT2D eigenvalue weighted by atomic mass is 16.6. The van der Waals surface area contributed by atoms with Gasteiger partial charge >= 0.3 is 0 Å². The van der Waals surface area contributed by atoms with Crippen LogP contribution in [0, 0.1) is 10.1 Å². The molecule has 0 radical (unpaired) electrons. The number of nitro groups is 1. The molecular weight excluding hydrogens is 450 g/mol. The first-order valence-electron chi connectivity index (χ1n) is 11.3. The molecule has 2 aromatic carbocycles. The lowest BCUT2D eigenvalue weighted by Gasteiger charge is -2.34. The van der Waals surface area contributed by atoms with Gasteiger partial charge < -0.3 is 25.6 Å². The van der Waals surface area contributed by atoms with Gasteiger partial charge in [-0.1, -0.05) is 6.92 Å². The Bertz CT molecular complexity index is 1210. The van der Waals surface area contributed by atoms with Crippen molar-refractivity contribution in [1.29, 1.82) is 0 Å². The fourth-order valence-corrected chi connectivity index (χ4v) is 3.73. The minimum atomic E-state index is -0.717. The Hall–Kier alpha value is -4.25. The van der Waals surface area contributed by atoms with Crippen LogP contribution in [0.5, 0.6) is 11.6 Å². The number of hydrogen-bond donors (Lipinski definition) is 2. The topological polar surface area (TPSA) is 140 Å². The van der Waals surface area contributed by atoms with Crippen LogP contribution < -0.4 is 20.7 Å². The minimum Gasteiger partial charge on any atom is -0.437 e. The molecule has 2 heterocycles. The number of ether oxygens (including phenoxy) is 1. The number of carbonyl (C=O) groups excluding carboxylic acids is 1. The van der Waals surface area contributed by atoms with E-state index in [1.807, 2.05) is 31.2 Å². The second kappa shape index (κ2) is 10.3. The van der Waals surface area contributed by atoms with Crippen LogP contribution in [0.4, 0.5) is 22.9 Å². The summed E-state index contributed by atoms with van der Waals surface area (Å²) in [6, 6.07) is 13.5. The summed E-state index contributed by atoms with van der Waals surface area (Å²) in [5.74, 6) is -0.0126. The van der Waals surface area contributed by atoms with Gasteiger partial charge in [0.1, 0.15) is 11.4 Å². The van der Waals surface area contributed by atoms with Crippen molar-refractivity contribution in [3.8, 4) is 11.6 Å². The molecule has 1 aliphatic rings. The molecule has 11 heteroatoms. The summed E-state index contributed by atoms with van der Waals surface area (Å²) in [7, 11) is 2.12. The first kappa shape index (κ1) is 23.9. The monoisotopic (exact) mass is 477 g/mol. The van der Waals surface area contributed by atoms with E-state index in [0.29, 0.717) is 23.6 Å². The van der Waals surface area contributed by atoms with Crippen LogP contribution >= 0.6 is 0 Å². The predicted molar refractivity (Wildman–Crippen MR) is 133 cm³/mol. The number of piperazine rings is 1. The molecule has 0 bridgehead atoms. The van der Waals surface area contributed by atoms with E-state index in [9.17, 15) is 14.9 Å². The van der Waals surface area contributed by atoms with Crippen LogP contribution in [0.2, 0.25) is 0 Å². The largest absolute Gasteiger partial charge is 0.437 e. The number of nitrogens with two attached hydrogens (primary N) is 1. The fourth-order valence-electron chi connectivity index (χ4n) is 3.73. The highest BCUT2D eigenvalue weighted by molar-refractivity contribution is 5.96. The first-order valence-corrected chi connectivity index (χ1v) is 11.3. The normalized spacial score (nSPS) is 13.9. The zero-order valence-electron chi connectivity index (χ0n) is 19.6. The molecule has 35 heavy (non-hydrogen) atoms. The summed E-state index contributed by atoms with van der Waals surface area (Å²) in [6.45, 7) is 5.80. The lowest BCUT2D eigenvalue weighted by atomic mass is 10.2. The van der Waals surface area contributed by atoms with Gasteiger partial charge in [0.05, 0.1) is 4.92 Å². The van der Waals surface area contributed by atoms with Gasteiger partial charge in [0, 0.05) is 49.7 Å². The van der Waals surface area contributed by atoms with Crippen LogP contribution in [-0.2, 0) is 6.42 Å². The van der Waals surface area contributed by atoms with Crippen molar-refractivity contribution in [3.05, 3.63) is 70.0 Å². The first-order chi connectivity index (χ1) is 16.8. The highest BCUT2D eigenvalue weighted by Gasteiger charge is 2.19. The second-order valence-corrected chi connectivity index (χ2v) is 8.21. The summed E-state index contributed by atoms with van der Waals surface area (Å²) in [4.78, 5) is 36.0. The number of aromatic nitrogens is 2. The Labute approximate surface area is 202 Å². The van der Waals surface area contributed by atoms with Crippen molar-refractivity contribution < 1.29 is 14.5 Å². The Kier molecular flexibility index (Phi) is 7.06. The number of anilines is 3. The molecule has 0 aliphatic carbocycles. The van der Waals surface area contributed by atoms with E-state index >= 15 is 0 Å². The molecule has 3 aromatic rings. The van der Waals surface area contributed by atoms with Gasteiger partial charge in [-0.3, -0.25) is 14.9 Å². The third kappa shape index (κ3) is 5.64. The average molecular weight is 478 g/mol. The van der Waals surface area contributed by atoms with Gasteiger partial charge in [-0.05, 0) is 49.9 Å². The van der Waals surface area contributed by atoms with Gasteiger partial charge in [-0.15, -0.1) is 0 Å². The summed E-state index contributed by atoms with van der Waals surface area (Å²) in [6.07, 6.45) is 0.440. The summed E-state index contributed by atoms with van der Waals surface area (Å²) in [5.41, 5.74) is 7.80. The van der Waals surface area contributed by atoms with E-state index in [4.69, 9.17) is 10.5 Å². The van der Waals surface area contributed by atoms with Crippen LogP contribution in [0.15, 0.2) is 48.5 Å². The number of carbonyl (C=O) groups is 1. The van der Waals surface area contributed by atoms with Crippen LogP contribution in [0.25, 0.3) is 0 Å². The maximum Gasteiger partial charge on any atom is 0.271 e. The van der Waals surface area contributed by atoms with Gasteiger partial charge in [-0.2, -0.15) is 4.98 Å². The number of aryl methyl sites for hydroxylation is 1. The maximum absolute atomic E-state index is 12.1. The zero-order valence-corrected chi connectivity index (χ0v) is 19.6. The number of primary amides is 1. The van der Waals surface area contributed by atoms with Crippen molar-refractivity contribution in [2.24, 2.45) is 5.73 Å². The highest BCUT2D eigenvalue weighted by Crippen LogP contribution is 2.29. The van der Waals surface area contributed by atoms with E-state index in [1.54, 1.807) is 0 Å². The van der Waals surface area contributed by atoms with Crippen molar-refractivity contribution in [3.63, 3.8) is 0 Å². The number of hydrogen-bond acceptors (Lipinski definition) is 9. The summed E-state index contributed by atoms with van der Waals surface area (Å²) >= 11 is 0. The Balaban J connectivity index is 1.58. The standard InChI is InChI=1S/C24H27N7O4/c1-3-20-24(35-19-10-8-18(9-11-19)31(33)34)28-23(21(27-20)22(25)32)26-16-4-6-17(7-5-16)30-14-12-29(2)13-15-30/h4-11H,3,12-15H2,1-2H3,(H2,25,32)(H,26,28). The third-order valence-corrected chi connectivity index (χ3v) is 5.76. The Morgan fingerprint density at radius 3 is 2.31 bits per heavy atom. The number of nitrogens with one attached hydrogen (secondary N) is 1. The maximum atomic E-state index is 12.1. The van der Waals surface area contributed by atoms with Crippen LogP contribution in [-0.4, -0.2) is 58.9 Å². The molecule has 4 rings (SSSR count). The number of amides is 1. The smallest absolute Gasteiger partial charge is 0.271 e. The molecule has 3 N–H and O–H groups in total. The lowest BCUT2D eigenvalue weighted by molar-refractivity contribution is -0.384. The van der Waals surface area contributed by atoms with Crippen LogP contribution in [0.1, 0.15) is 23.1 Å². The second-order valence-electron chi connectivity index (χ2n) is 8.21. The number of nitro benzene ring substituents is 1. The van der Waals surface area contributed by atoms with E-state index in [-0.39, 0.29) is 23.1 Å². The lowest BCUT2D eigenvalue weighted by Crippen LogP contribution is -2.44. The van der Waals surface area contributed by atoms with Crippen molar-refractivity contribution in [2.45, 2.75) is 13.3 Å². The molecule has 0 spiro atoms. The quantitative estimate of drug-likeness (QED) is 0.369. The number of non-ortho nitro benzene ring substituents is 1.